The molecule has 0 bridgehead atoms. The zero-order valence-corrected chi connectivity index (χ0v) is 8.08. The Morgan fingerprint density at radius 2 is 2.00 bits per heavy atom. The molecule has 0 saturated heterocycles. The fraction of sp³-hybridized carbons (Fsp3) is 0.667. The van der Waals surface area contributed by atoms with Gasteiger partial charge in [0.25, 0.3) is 0 Å². The molecule has 0 nitrogen and oxygen atoms in total. The number of halogens is 2. The third kappa shape index (κ3) is 0.781. The summed E-state index contributed by atoms with van der Waals surface area (Å²) in [5, 5.41) is 0. The monoisotopic (exact) mass is 238 g/mol. The molecule has 0 spiro atoms. The van der Waals surface area contributed by atoms with Gasteiger partial charge in [-0.25, -0.2) is 0 Å². The minimum Gasteiger partial charge on any atom is -0.0858 e. The Morgan fingerprint density at radius 1 is 1.62 bits per heavy atom. The van der Waals surface area contributed by atoms with Crippen LogP contribution in [0.5, 0.6) is 0 Å². The highest BCUT2D eigenvalue weighted by atomic mass is 79.9. The molecule has 0 aromatic carbocycles. The van der Waals surface area contributed by atoms with Crippen LogP contribution in [0.2, 0.25) is 0 Å². The van der Waals surface area contributed by atoms with Crippen molar-refractivity contribution in [1.29, 1.82) is 0 Å². The molecule has 1 saturated carbocycles. The van der Waals surface area contributed by atoms with E-state index in [1.165, 1.54) is 5.57 Å². The van der Waals surface area contributed by atoms with E-state index < -0.39 is 0 Å². The maximum absolute atomic E-state index is 3.53. The standard InChI is InChI=1S/C6H8Br2/c1-3-5-4(2)6(5,7)8/h3-4H,1-2H3/b5-3-. The van der Waals surface area contributed by atoms with E-state index in [0.717, 1.165) is 0 Å². The van der Waals surface area contributed by atoms with Crippen molar-refractivity contribution >= 4 is 31.9 Å². The van der Waals surface area contributed by atoms with E-state index in [1.807, 2.05) is 0 Å². The molecule has 8 heavy (non-hydrogen) atoms. The quantitative estimate of drug-likeness (QED) is 0.450. The summed E-state index contributed by atoms with van der Waals surface area (Å²) in [5.41, 5.74) is 1.46. The number of rotatable bonds is 0. The highest BCUT2D eigenvalue weighted by Crippen LogP contribution is 2.60. The Morgan fingerprint density at radius 3 is 2.00 bits per heavy atom. The van der Waals surface area contributed by atoms with Crippen LogP contribution in [0.3, 0.4) is 0 Å². The summed E-state index contributed by atoms with van der Waals surface area (Å²) in [7, 11) is 0. The minimum absolute atomic E-state index is 0.161. The molecule has 1 rings (SSSR count). The third-order valence-electron chi connectivity index (χ3n) is 1.62. The Hall–Kier alpha value is 0.700. The molecule has 0 N–H and O–H groups in total. The lowest BCUT2D eigenvalue weighted by molar-refractivity contribution is 1.01. The van der Waals surface area contributed by atoms with Crippen LogP contribution in [-0.4, -0.2) is 3.23 Å². The van der Waals surface area contributed by atoms with E-state index in [9.17, 15) is 0 Å². The lowest BCUT2D eigenvalue weighted by atomic mass is 10.4. The first-order valence-corrected chi connectivity index (χ1v) is 4.23. The summed E-state index contributed by atoms with van der Waals surface area (Å²) in [6.45, 7) is 4.26. The van der Waals surface area contributed by atoms with Gasteiger partial charge in [0.1, 0.15) is 3.23 Å². The highest BCUT2D eigenvalue weighted by molar-refractivity contribution is 9.25. The Kier molecular flexibility index (Phi) is 1.57. The second-order valence-electron chi connectivity index (χ2n) is 2.09. The predicted molar refractivity (Wildman–Crippen MR) is 43.5 cm³/mol. The lowest BCUT2D eigenvalue weighted by Gasteiger charge is -1.86. The highest BCUT2D eigenvalue weighted by Gasteiger charge is 2.52. The van der Waals surface area contributed by atoms with Crippen molar-refractivity contribution < 1.29 is 0 Å². The van der Waals surface area contributed by atoms with Gasteiger partial charge < -0.3 is 0 Å². The maximum Gasteiger partial charge on any atom is 0.108 e. The molecular weight excluding hydrogens is 232 g/mol. The van der Waals surface area contributed by atoms with Gasteiger partial charge in [0.15, 0.2) is 0 Å². The van der Waals surface area contributed by atoms with E-state index >= 15 is 0 Å². The van der Waals surface area contributed by atoms with Crippen molar-refractivity contribution in [2.75, 3.05) is 0 Å². The fourth-order valence-electron chi connectivity index (χ4n) is 0.877. The largest absolute Gasteiger partial charge is 0.108 e. The van der Waals surface area contributed by atoms with Crippen molar-refractivity contribution in [3.8, 4) is 0 Å². The Balaban J connectivity index is 2.73. The first kappa shape index (κ1) is 6.81. The van der Waals surface area contributed by atoms with Crippen LogP contribution in [-0.2, 0) is 0 Å². The van der Waals surface area contributed by atoms with Crippen molar-refractivity contribution in [2.45, 2.75) is 17.1 Å². The van der Waals surface area contributed by atoms with Gasteiger partial charge in [0.2, 0.25) is 0 Å². The predicted octanol–water partition coefficient (Wildman–Crippen LogP) is 3.07. The minimum atomic E-state index is 0.161. The molecule has 46 valence electrons. The molecule has 0 aromatic heterocycles. The molecule has 0 amide bonds. The topological polar surface area (TPSA) is 0 Å². The number of allylic oxidation sites excluding steroid dienone is 2. The van der Waals surface area contributed by atoms with E-state index in [4.69, 9.17) is 0 Å². The summed E-state index contributed by atoms with van der Waals surface area (Å²) < 4.78 is 0.161. The van der Waals surface area contributed by atoms with Crippen LogP contribution in [0.4, 0.5) is 0 Å². The second-order valence-corrected chi connectivity index (χ2v) is 5.65. The average molecular weight is 240 g/mol. The molecule has 1 atom stereocenters. The van der Waals surface area contributed by atoms with Gasteiger partial charge in [0, 0.05) is 5.92 Å². The van der Waals surface area contributed by atoms with Gasteiger partial charge in [-0.15, -0.1) is 0 Å². The smallest absolute Gasteiger partial charge is 0.0858 e. The summed E-state index contributed by atoms with van der Waals surface area (Å²) in [5.74, 6) is 0.674. The Labute approximate surface area is 66.6 Å². The molecule has 2 heteroatoms. The van der Waals surface area contributed by atoms with Crippen LogP contribution < -0.4 is 0 Å². The molecule has 0 aliphatic heterocycles. The Bertz CT molecular complexity index is 135. The van der Waals surface area contributed by atoms with Crippen LogP contribution in [0.15, 0.2) is 11.6 Å². The first-order valence-electron chi connectivity index (χ1n) is 2.65. The average Bonchev–Trinajstić information content (AvgIpc) is 2.09. The molecular formula is C6H8Br2. The van der Waals surface area contributed by atoms with Gasteiger partial charge in [-0.2, -0.15) is 0 Å². The molecule has 1 fully saturated rings. The normalized spacial score (nSPS) is 38.0. The lowest BCUT2D eigenvalue weighted by Crippen LogP contribution is -1.80. The van der Waals surface area contributed by atoms with Crippen LogP contribution in [0, 0.1) is 5.92 Å². The van der Waals surface area contributed by atoms with Crippen molar-refractivity contribution in [2.24, 2.45) is 5.92 Å². The maximum atomic E-state index is 3.53. The van der Waals surface area contributed by atoms with Gasteiger partial charge in [-0.3, -0.25) is 0 Å². The van der Waals surface area contributed by atoms with Gasteiger partial charge in [0.05, 0.1) is 0 Å². The molecule has 0 radical (unpaired) electrons. The summed E-state index contributed by atoms with van der Waals surface area (Å²) in [6, 6.07) is 0. The number of hydrogen-bond donors (Lipinski definition) is 0. The van der Waals surface area contributed by atoms with Gasteiger partial charge in [-0.1, -0.05) is 44.9 Å². The summed E-state index contributed by atoms with van der Waals surface area (Å²) in [4.78, 5) is 0. The summed E-state index contributed by atoms with van der Waals surface area (Å²) >= 11 is 7.05. The second kappa shape index (κ2) is 1.84. The SMILES string of the molecule is C/C=C1/C(C)C1(Br)Br. The number of hydrogen-bond acceptors (Lipinski definition) is 0. The summed E-state index contributed by atoms with van der Waals surface area (Å²) in [6.07, 6.45) is 2.15. The van der Waals surface area contributed by atoms with E-state index in [0.29, 0.717) is 5.92 Å². The van der Waals surface area contributed by atoms with Gasteiger partial charge >= 0.3 is 0 Å². The molecule has 1 aliphatic carbocycles. The first-order chi connectivity index (χ1) is 3.60. The van der Waals surface area contributed by atoms with Crippen LogP contribution in [0.1, 0.15) is 13.8 Å². The van der Waals surface area contributed by atoms with Crippen molar-refractivity contribution in [1.82, 2.24) is 0 Å². The van der Waals surface area contributed by atoms with E-state index in [2.05, 4.69) is 51.8 Å². The van der Waals surface area contributed by atoms with Crippen molar-refractivity contribution in [3.63, 3.8) is 0 Å². The molecule has 0 aromatic rings. The van der Waals surface area contributed by atoms with E-state index in [1.54, 1.807) is 0 Å². The zero-order valence-electron chi connectivity index (χ0n) is 4.91. The van der Waals surface area contributed by atoms with Crippen LogP contribution in [0.25, 0.3) is 0 Å². The van der Waals surface area contributed by atoms with Crippen LogP contribution >= 0.6 is 31.9 Å². The van der Waals surface area contributed by atoms with E-state index in [-0.39, 0.29) is 3.23 Å². The molecule has 1 aliphatic rings. The van der Waals surface area contributed by atoms with Gasteiger partial charge in [-0.05, 0) is 12.5 Å². The number of alkyl halides is 2. The van der Waals surface area contributed by atoms with Crippen molar-refractivity contribution in [3.05, 3.63) is 11.6 Å². The zero-order chi connectivity index (χ0) is 6.36. The fourth-order valence-corrected chi connectivity index (χ4v) is 2.29. The third-order valence-corrected chi connectivity index (χ3v) is 3.91. The molecule has 0 heterocycles. The molecule has 1 unspecified atom stereocenters.